The minimum atomic E-state index is -4.69. The van der Waals surface area contributed by atoms with Crippen LogP contribution in [0.15, 0.2) is 24.3 Å². The minimum Gasteiger partial charge on any atom is -0.376 e. The summed E-state index contributed by atoms with van der Waals surface area (Å²) in [4.78, 5) is 17.1. The van der Waals surface area contributed by atoms with E-state index in [-0.39, 0.29) is 0 Å². The third-order valence-electron chi connectivity index (χ3n) is 1.50. The lowest BCUT2D eigenvalue weighted by molar-refractivity contribution is 0.201. The highest BCUT2D eigenvalue weighted by molar-refractivity contribution is 7.51. The fourth-order valence-electron chi connectivity index (χ4n) is 0.866. The summed E-state index contributed by atoms with van der Waals surface area (Å²) in [7, 11) is -4.69. The van der Waals surface area contributed by atoms with Crippen molar-refractivity contribution in [2.24, 2.45) is 0 Å². The van der Waals surface area contributed by atoms with E-state index in [2.05, 4.69) is 0 Å². The van der Waals surface area contributed by atoms with E-state index in [9.17, 15) is 8.96 Å². The number of aliphatic hydroxyl groups is 1. The number of hydrogen-bond donors (Lipinski definition) is 3. The Morgan fingerprint density at radius 1 is 1.31 bits per heavy atom. The lowest BCUT2D eigenvalue weighted by Gasteiger charge is -2.12. The second-order valence-corrected chi connectivity index (χ2v) is 4.15. The van der Waals surface area contributed by atoms with Crippen LogP contribution in [-0.2, 0) is 4.57 Å². The number of rotatable bonds is 2. The molecule has 1 atom stereocenters. The molecule has 0 heterocycles. The Kier molecular flexibility index (Phi) is 2.83. The molecule has 1 aromatic rings. The van der Waals surface area contributed by atoms with E-state index in [0.717, 1.165) is 12.1 Å². The van der Waals surface area contributed by atoms with Gasteiger partial charge in [-0.15, -0.1) is 0 Å². The van der Waals surface area contributed by atoms with Crippen LogP contribution in [0, 0.1) is 5.82 Å². The fourth-order valence-corrected chi connectivity index (χ4v) is 1.44. The first-order chi connectivity index (χ1) is 5.93. The van der Waals surface area contributed by atoms with Crippen LogP contribution >= 0.6 is 7.60 Å². The van der Waals surface area contributed by atoms with Gasteiger partial charge in [0.05, 0.1) is 0 Å². The summed E-state index contributed by atoms with van der Waals surface area (Å²) >= 11 is 0. The molecule has 0 unspecified atom stereocenters. The Morgan fingerprint density at radius 2 is 1.85 bits per heavy atom. The van der Waals surface area contributed by atoms with Gasteiger partial charge in [-0.3, -0.25) is 4.57 Å². The quantitative estimate of drug-likeness (QED) is 0.630. The van der Waals surface area contributed by atoms with Crippen molar-refractivity contribution in [3.05, 3.63) is 35.6 Å². The molecule has 0 radical (unpaired) electrons. The Morgan fingerprint density at radius 3 is 2.31 bits per heavy atom. The topological polar surface area (TPSA) is 77.8 Å². The van der Waals surface area contributed by atoms with Crippen LogP contribution in [0.4, 0.5) is 4.39 Å². The zero-order chi connectivity index (χ0) is 10.1. The van der Waals surface area contributed by atoms with Crippen molar-refractivity contribution < 1.29 is 23.8 Å². The standard InChI is InChI=1S/C7H8FO4P/c8-6-4-2-1-3-5(6)7(9)13(10,11)12/h1-4,7,9H,(H2,10,11,12)/t7-/m0/s1. The van der Waals surface area contributed by atoms with Gasteiger partial charge >= 0.3 is 7.60 Å². The van der Waals surface area contributed by atoms with E-state index in [4.69, 9.17) is 14.9 Å². The predicted octanol–water partition coefficient (Wildman–Crippen LogP) is 0.994. The predicted molar refractivity (Wildman–Crippen MR) is 43.4 cm³/mol. The monoisotopic (exact) mass is 206 g/mol. The Labute approximate surface area is 73.8 Å². The average Bonchev–Trinajstić information content (AvgIpc) is 2.02. The molecule has 0 aliphatic rings. The molecule has 1 rings (SSSR count). The summed E-state index contributed by atoms with van der Waals surface area (Å²) in [5.41, 5.74) is -0.393. The molecule has 0 aromatic heterocycles. The van der Waals surface area contributed by atoms with Crippen LogP contribution < -0.4 is 0 Å². The molecule has 0 spiro atoms. The molecule has 0 saturated carbocycles. The molecular weight excluding hydrogens is 198 g/mol. The van der Waals surface area contributed by atoms with Gasteiger partial charge < -0.3 is 14.9 Å². The third-order valence-corrected chi connectivity index (χ3v) is 2.42. The Hall–Kier alpha value is -0.740. The molecular formula is C7H8FO4P. The molecule has 6 heteroatoms. The van der Waals surface area contributed by atoms with Crippen LogP contribution in [0.25, 0.3) is 0 Å². The minimum absolute atomic E-state index is 0.393. The van der Waals surface area contributed by atoms with Crippen molar-refractivity contribution in [3.63, 3.8) is 0 Å². The number of benzene rings is 1. The van der Waals surface area contributed by atoms with Gasteiger partial charge in [-0.05, 0) is 6.07 Å². The van der Waals surface area contributed by atoms with Gasteiger partial charge in [0.1, 0.15) is 5.82 Å². The van der Waals surface area contributed by atoms with E-state index in [0.29, 0.717) is 0 Å². The van der Waals surface area contributed by atoms with Crippen molar-refractivity contribution >= 4 is 7.60 Å². The van der Waals surface area contributed by atoms with Crippen LogP contribution in [0.1, 0.15) is 11.4 Å². The van der Waals surface area contributed by atoms with E-state index < -0.39 is 24.8 Å². The highest BCUT2D eigenvalue weighted by atomic mass is 31.2. The van der Waals surface area contributed by atoms with Gasteiger partial charge in [-0.1, -0.05) is 18.2 Å². The lowest BCUT2D eigenvalue weighted by atomic mass is 10.2. The molecule has 0 bridgehead atoms. The van der Waals surface area contributed by atoms with Gasteiger partial charge in [0.25, 0.3) is 0 Å². The summed E-state index contributed by atoms with van der Waals surface area (Å²) in [6.45, 7) is 0. The van der Waals surface area contributed by atoms with Gasteiger partial charge in [-0.25, -0.2) is 4.39 Å². The van der Waals surface area contributed by atoms with Crippen LogP contribution in [-0.4, -0.2) is 14.9 Å². The Bertz CT molecular complexity index is 348. The van der Waals surface area contributed by atoms with E-state index in [1.807, 2.05) is 0 Å². The molecule has 0 amide bonds. The zero-order valence-electron chi connectivity index (χ0n) is 6.46. The van der Waals surface area contributed by atoms with E-state index >= 15 is 0 Å². The highest BCUT2D eigenvalue weighted by Gasteiger charge is 2.29. The normalized spacial score (nSPS) is 14.2. The molecule has 1 aromatic carbocycles. The maximum atomic E-state index is 12.9. The largest absolute Gasteiger partial charge is 0.376 e. The van der Waals surface area contributed by atoms with Gasteiger partial charge in [0, 0.05) is 5.56 Å². The number of aliphatic hydroxyl groups excluding tert-OH is 1. The summed E-state index contributed by atoms with van der Waals surface area (Å²) < 4.78 is 23.4. The SMILES string of the molecule is O=P(O)(O)[C@H](O)c1ccccc1F. The van der Waals surface area contributed by atoms with E-state index in [1.165, 1.54) is 12.1 Å². The first kappa shape index (κ1) is 10.3. The van der Waals surface area contributed by atoms with Crippen molar-refractivity contribution in [2.45, 2.75) is 5.85 Å². The Balaban J connectivity index is 3.09. The summed E-state index contributed by atoms with van der Waals surface area (Å²) in [5.74, 6) is -2.92. The summed E-state index contributed by atoms with van der Waals surface area (Å²) in [6, 6.07) is 4.90. The van der Waals surface area contributed by atoms with Crippen molar-refractivity contribution in [1.82, 2.24) is 0 Å². The van der Waals surface area contributed by atoms with Crippen molar-refractivity contribution in [3.8, 4) is 0 Å². The van der Waals surface area contributed by atoms with Crippen LogP contribution in [0.5, 0.6) is 0 Å². The third kappa shape index (κ3) is 2.35. The first-order valence-electron chi connectivity index (χ1n) is 3.40. The van der Waals surface area contributed by atoms with Crippen molar-refractivity contribution in [1.29, 1.82) is 0 Å². The number of hydrogen-bond acceptors (Lipinski definition) is 2. The van der Waals surface area contributed by atoms with Crippen molar-refractivity contribution in [2.75, 3.05) is 0 Å². The second-order valence-electron chi connectivity index (χ2n) is 2.48. The van der Waals surface area contributed by atoms with Crippen LogP contribution in [0.2, 0.25) is 0 Å². The molecule has 0 aliphatic carbocycles. The first-order valence-corrected chi connectivity index (χ1v) is 5.09. The van der Waals surface area contributed by atoms with Gasteiger partial charge in [0.2, 0.25) is 0 Å². The molecule has 0 saturated heterocycles. The summed E-state index contributed by atoms with van der Waals surface area (Å²) in [6.07, 6.45) is 0. The molecule has 13 heavy (non-hydrogen) atoms. The van der Waals surface area contributed by atoms with E-state index in [1.54, 1.807) is 0 Å². The molecule has 0 aliphatic heterocycles. The zero-order valence-corrected chi connectivity index (χ0v) is 7.36. The highest BCUT2D eigenvalue weighted by Crippen LogP contribution is 2.50. The van der Waals surface area contributed by atoms with Crippen LogP contribution in [0.3, 0.4) is 0 Å². The molecule has 4 nitrogen and oxygen atoms in total. The second kappa shape index (κ2) is 3.55. The maximum absolute atomic E-state index is 12.9. The number of halogens is 1. The maximum Gasteiger partial charge on any atom is 0.358 e. The van der Waals surface area contributed by atoms with Gasteiger partial charge in [0.15, 0.2) is 5.85 Å². The molecule has 3 N–H and O–H groups in total. The summed E-state index contributed by atoms with van der Waals surface area (Å²) in [5, 5.41) is 9.03. The van der Waals surface area contributed by atoms with Gasteiger partial charge in [-0.2, -0.15) is 0 Å². The average molecular weight is 206 g/mol. The fraction of sp³-hybridized carbons (Fsp3) is 0.143. The molecule has 0 fully saturated rings. The molecule has 72 valence electrons. The lowest BCUT2D eigenvalue weighted by Crippen LogP contribution is -2.00. The smallest absolute Gasteiger partial charge is 0.358 e.